The minimum Gasteiger partial charge on any atom is -0.457 e. The Kier molecular flexibility index (Phi) is 6.08. The molecule has 2 aromatic rings. The summed E-state index contributed by atoms with van der Waals surface area (Å²) >= 11 is 0. The summed E-state index contributed by atoms with van der Waals surface area (Å²) in [6.45, 7) is 1.33. The zero-order valence-corrected chi connectivity index (χ0v) is 15.7. The van der Waals surface area contributed by atoms with Crippen LogP contribution in [-0.2, 0) is 9.59 Å². The van der Waals surface area contributed by atoms with E-state index in [0.717, 1.165) is 12.3 Å². The van der Waals surface area contributed by atoms with Gasteiger partial charge in [0.1, 0.15) is 17.5 Å². The van der Waals surface area contributed by atoms with Crippen molar-refractivity contribution < 1.29 is 14.3 Å². The largest absolute Gasteiger partial charge is 0.457 e. The normalized spacial score (nSPS) is 16.6. The van der Waals surface area contributed by atoms with Crippen LogP contribution in [0.1, 0.15) is 12.8 Å². The lowest BCUT2D eigenvalue weighted by Crippen LogP contribution is -2.46. The van der Waals surface area contributed by atoms with Crippen LogP contribution >= 0.6 is 0 Å². The maximum atomic E-state index is 12.5. The summed E-state index contributed by atoms with van der Waals surface area (Å²) in [7, 11) is 3.91. The Balaban J connectivity index is 1.67. The van der Waals surface area contributed by atoms with Gasteiger partial charge in [0.25, 0.3) is 0 Å². The summed E-state index contributed by atoms with van der Waals surface area (Å²) in [5.41, 5.74) is 0.714. The second kappa shape index (κ2) is 8.68. The van der Waals surface area contributed by atoms with E-state index in [1.165, 1.54) is 0 Å². The summed E-state index contributed by atoms with van der Waals surface area (Å²) < 4.78 is 5.79. The number of nitrogens with zero attached hydrogens (tertiary/aromatic N) is 2. The summed E-state index contributed by atoms with van der Waals surface area (Å²) in [6, 6.07) is 16.3. The van der Waals surface area contributed by atoms with E-state index in [1.807, 2.05) is 73.6 Å². The van der Waals surface area contributed by atoms with Crippen molar-refractivity contribution in [2.24, 2.45) is 0 Å². The molecule has 2 amide bonds. The van der Waals surface area contributed by atoms with Crippen molar-refractivity contribution >= 4 is 17.5 Å². The molecule has 27 heavy (non-hydrogen) atoms. The van der Waals surface area contributed by atoms with E-state index in [2.05, 4.69) is 5.32 Å². The smallest absolute Gasteiger partial charge is 0.243 e. The maximum absolute atomic E-state index is 12.5. The molecule has 3 rings (SSSR count). The topological polar surface area (TPSA) is 61.9 Å². The predicted octanol–water partition coefficient (Wildman–Crippen LogP) is 2.65. The zero-order valence-electron chi connectivity index (χ0n) is 15.7. The number of benzene rings is 2. The monoisotopic (exact) mass is 367 g/mol. The van der Waals surface area contributed by atoms with Crippen molar-refractivity contribution in [3.8, 4) is 11.5 Å². The van der Waals surface area contributed by atoms with Crippen LogP contribution in [-0.4, -0.2) is 49.9 Å². The quantitative estimate of drug-likeness (QED) is 0.817. The van der Waals surface area contributed by atoms with E-state index >= 15 is 0 Å². The summed E-state index contributed by atoms with van der Waals surface area (Å²) in [5.74, 6) is 1.30. The molecule has 1 N–H and O–H groups in total. The third kappa shape index (κ3) is 4.86. The van der Waals surface area contributed by atoms with Gasteiger partial charge in [-0.25, -0.2) is 0 Å². The summed E-state index contributed by atoms with van der Waals surface area (Å²) in [5, 5.41) is 2.92. The van der Waals surface area contributed by atoms with Gasteiger partial charge in [0, 0.05) is 25.2 Å². The SMILES string of the molecule is CN(C)CCNC(=O)C1CCC(=O)N1c1ccc(Oc2ccccc2)cc1. The molecule has 0 spiro atoms. The minimum absolute atomic E-state index is 0.0283. The van der Waals surface area contributed by atoms with Crippen LogP contribution < -0.4 is 15.0 Å². The Morgan fingerprint density at radius 1 is 1.11 bits per heavy atom. The molecular formula is C21H25N3O3. The molecule has 6 heteroatoms. The van der Waals surface area contributed by atoms with Crippen LogP contribution in [0.15, 0.2) is 54.6 Å². The van der Waals surface area contributed by atoms with Gasteiger partial charge in [0.2, 0.25) is 11.8 Å². The van der Waals surface area contributed by atoms with E-state index in [0.29, 0.717) is 30.8 Å². The number of carbonyl (C=O) groups is 2. The second-order valence-electron chi connectivity index (χ2n) is 6.82. The van der Waals surface area contributed by atoms with Gasteiger partial charge in [-0.05, 0) is 56.9 Å². The molecule has 1 aliphatic rings. The van der Waals surface area contributed by atoms with Crippen molar-refractivity contribution in [3.63, 3.8) is 0 Å². The molecule has 0 aliphatic carbocycles. The Bertz CT molecular complexity index is 775. The van der Waals surface area contributed by atoms with Crippen LogP contribution in [0.3, 0.4) is 0 Å². The number of hydrogen-bond acceptors (Lipinski definition) is 4. The van der Waals surface area contributed by atoms with Crippen molar-refractivity contribution in [3.05, 3.63) is 54.6 Å². The van der Waals surface area contributed by atoms with Gasteiger partial charge in [0.15, 0.2) is 0 Å². The average molecular weight is 367 g/mol. The van der Waals surface area contributed by atoms with E-state index in [4.69, 9.17) is 4.74 Å². The third-order valence-corrected chi connectivity index (χ3v) is 4.47. The fourth-order valence-corrected chi connectivity index (χ4v) is 3.08. The molecule has 1 saturated heterocycles. The highest BCUT2D eigenvalue weighted by Gasteiger charge is 2.36. The molecule has 2 aromatic carbocycles. The van der Waals surface area contributed by atoms with Gasteiger partial charge >= 0.3 is 0 Å². The van der Waals surface area contributed by atoms with E-state index < -0.39 is 6.04 Å². The molecule has 1 unspecified atom stereocenters. The number of amides is 2. The van der Waals surface area contributed by atoms with E-state index in [9.17, 15) is 9.59 Å². The van der Waals surface area contributed by atoms with Crippen molar-refractivity contribution in [1.82, 2.24) is 10.2 Å². The zero-order chi connectivity index (χ0) is 19.2. The van der Waals surface area contributed by atoms with Crippen molar-refractivity contribution in [1.29, 1.82) is 0 Å². The van der Waals surface area contributed by atoms with E-state index in [1.54, 1.807) is 4.90 Å². The highest BCUT2D eigenvalue weighted by atomic mass is 16.5. The number of ether oxygens (including phenoxy) is 1. The lowest BCUT2D eigenvalue weighted by Gasteiger charge is -2.24. The number of hydrogen-bond donors (Lipinski definition) is 1. The standard InChI is InChI=1S/C21H25N3O3/c1-23(2)15-14-22-21(26)19-12-13-20(25)24(19)16-8-10-18(11-9-16)27-17-6-4-3-5-7-17/h3-11,19H,12-15H2,1-2H3,(H,22,26). The summed E-state index contributed by atoms with van der Waals surface area (Å²) in [4.78, 5) is 28.5. The molecule has 0 saturated carbocycles. The number of anilines is 1. The molecular weight excluding hydrogens is 342 g/mol. The van der Waals surface area contributed by atoms with Crippen LogP contribution in [0.25, 0.3) is 0 Å². The maximum Gasteiger partial charge on any atom is 0.243 e. The first-order chi connectivity index (χ1) is 13.0. The lowest BCUT2D eigenvalue weighted by molar-refractivity contribution is -0.123. The van der Waals surface area contributed by atoms with E-state index in [-0.39, 0.29) is 11.8 Å². The van der Waals surface area contributed by atoms with Gasteiger partial charge < -0.3 is 15.0 Å². The van der Waals surface area contributed by atoms with Crippen LogP contribution in [0.5, 0.6) is 11.5 Å². The Hall–Kier alpha value is -2.86. The fourth-order valence-electron chi connectivity index (χ4n) is 3.08. The highest BCUT2D eigenvalue weighted by Crippen LogP contribution is 2.29. The summed E-state index contributed by atoms with van der Waals surface area (Å²) in [6.07, 6.45) is 0.920. The first-order valence-electron chi connectivity index (χ1n) is 9.12. The van der Waals surface area contributed by atoms with Gasteiger partial charge in [-0.15, -0.1) is 0 Å². The molecule has 1 atom stereocenters. The molecule has 0 radical (unpaired) electrons. The molecule has 0 aromatic heterocycles. The molecule has 1 heterocycles. The Morgan fingerprint density at radius 2 is 1.78 bits per heavy atom. The molecule has 6 nitrogen and oxygen atoms in total. The number of carbonyl (C=O) groups excluding carboxylic acids is 2. The molecule has 0 bridgehead atoms. The first kappa shape index (κ1) is 18.9. The van der Waals surface area contributed by atoms with Crippen LogP contribution in [0.2, 0.25) is 0 Å². The van der Waals surface area contributed by atoms with Crippen molar-refractivity contribution in [2.75, 3.05) is 32.1 Å². The van der Waals surface area contributed by atoms with Crippen molar-refractivity contribution in [2.45, 2.75) is 18.9 Å². The number of nitrogens with one attached hydrogen (secondary N) is 1. The Morgan fingerprint density at radius 3 is 2.44 bits per heavy atom. The second-order valence-corrected chi connectivity index (χ2v) is 6.82. The predicted molar refractivity (Wildman–Crippen MR) is 105 cm³/mol. The number of likely N-dealkylation sites (N-methyl/N-ethyl adjacent to an activating group) is 1. The number of rotatable bonds is 7. The van der Waals surface area contributed by atoms with Gasteiger partial charge in [-0.2, -0.15) is 0 Å². The number of para-hydroxylation sites is 1. The minimum atomic E-state index is -0.458. The molecule has 1 aliphatic heterocycles. The van der Waals surface area contributed by atoms with Crippen LogP contribution in [0.4, 0.5) is 5.69 Å². The molecule has 142 valence electrons. The van der Waals surface area contributed by atoms with Gasteiger partial charge in [-0.1, -0.05) is 18.2 Å². The van der Waals surface area contributed by atoms with Crippen LogP contribution in [0, 0.1) is 0 Å². The Labute approximate surface area is 159 Å². The fraction of sp³-hybridized carbons (Fsp3) is 0.333. The van der Waals surface area contributed by atoms with Gasteiger partial charge in [0.05, 0.1) is 0 Å². The third-order valence-electron chi connectivity index (χ3n) is 4.47. The lowest BCUT2D eigenvalue weighted by atomic mass is 10.2. The van der Waals surface area contributed by atoms with Gasteiger partial charge in [-0.3, -0.25) is 14.5 Å². The molecule has 1 fully saturated rings. The first-order valence-corrected chi connectivity index (χ1v) is 9.12. The average Bonchev–Trinajstić information content (AvgIpc) is 3.04. The highest BCUT2D eigenvalue weighted by molar-refractivity contribution is 6.03.